The molecule has 0 saturated carbocycles. The van der Waals surface area contributed by atoms with Crippen LogP contribution in [0.5, 0.6) is 0 Å². The van der Waals surface area contributed by atoms with Gasteiger partial charge in [0.1, 0.15) is 0 Å². The standard InChI is InChI=1S/C16H28N2O2S/c1-3-5-6-7-12-18-21(19,20)16-10-8-9-15(13-16)14-17-11-4-2/h8-10,13,17-18H,3-7,11-12,14H2,1-2H3. The van der Waals surface area contributed by atoms with Crippen molar-refractivity contribution in [1.29, 1.82) is 0 Å². The fourth-order valence-electron chi connectivity index (χ4n) is 2.07. The van der Waals surface area contributed by atoms with Crippen LogP contribution in [0.15, 0.2) is 29.2 Å². The molecular formula is C16H28N2O2S. The van der Waals surface area contributed by atoms with Crippen molar-refractivity contribution in [3.63, 3.8) is 0 Å². The zero-order valence-electron chi connectivity index (χ0n) is 13.2. The minimum Gasteiger partial charge on any atom is -0.313 e. The SMILES string of the molecule is CCCCCCNS(=O)(=O)c1cccc(CNCCC)c1. The van der Waals surface area contributed by atoms with Gasteiger partial charge in [0.05, 0.1) is 4.90 Å². The molecule has 2 N–H and O–H groups in total. The van der Waals surface area contributed by atoms with Crippen molar-refractivity contribution in [3.05, 3.63) is 29.8 Å². The first-order valence-corrected chi connectivity index (χ1v) is 9.37. The van der Waals surface area contributed by atoms with Crippen LogP contribution in [0.1, 0.15) is 51.5 Å². The minimum absolute atomic E-state index is 0.355. The van der Waals surface area contributed by atoms with Gasteiger partial charge < -0.3 is 5.32 Å². The normalized spacial score (nSPS) is 11.7. The monoisotopic (exact) mass is 312 g/mol. The Balaban J connectivity index is 2.55. The maximum Gasteiger partial charge on any atom is 0.240 e. The van der Waals surface area contributed by atoms with Gasteiger partial charge in [0.2, 0.25) is 10.0 Å². The Morgan fingerprint density at radius 2 is 1.81 bits per heavy atom. The van der Waals surface area contributed by atoms with Gasteiger partial charge in [-0.1, -0.05) is 45.2 Å². The Kier molecular flexibility index (Phi) is 8.57. The second kappa shape index (κ2) is 9.92. The number of benzene rings is 1. The average molecular weight is 312 g/mol. The molecule has 0 aliphatic heterocycles. The molecule has 21 heavy (non-hydrogen) atoms. The maximum absolute atomic E-state index is 12.2. The van der Waals surface area contributed by atoms with Crippen LogP contribution in [0.25, 0.3) is 0 Å². The molecule has 1 aromatic carbocycles. The van der Waals surface area contributed by atoms with E-state index in [1.807, 2.05) is 6.07 Å². The summed E-state index contributed by atoms with van der Waals surface area (Å²) < 4.78 is 27.1. The van der Waals surface area contributed by atoms with E-state index in [1.54, 1.807) is 18.2 Å². The largest absolute Gasteiger partial charge is 0.313 e. The van der Waals surface area contributed by atoms with E-state index in [2.05, 4.69) is 23.9 Å². The van der Waals surface area contributed by atoms with Gasteiger partial charge in [-0.2, -0.15) is 0 Å². The highest BCUT2D eigenvalue weighted by Crippen LogP contribution is 2.11. The van der Waals surface area contributed by atoms with Crippen LogP contribution >= 0.6 is 0 Å². The molecule has 0 bridgehead atoms. The smallest absolute Gasteiger partial charge is 0.240 e. The van der Waals surface area contributed by atoms with E-state index in [0.717, 1.165) is 44.2 Å². The summed E-state index contributed by atoms with van der Waals surface area (Å²) in [5.41, 5.74) is 0.998. The van der Waals surface area contributed by atoms with Crippen molar-refractivity contribution in [2.45, 2.75) is 57.4 Å². The molecule has 0 aliphatic carbocycles. The number of hydrogen-bond acceptors (Lipinski definition) is 3. The first-order valence-electron chi connectivity index (χ1n) is 7.89. The average Bonchev–Trinajstić information content (AvgIpc) is 2.48. The molecule has 0 spiro atoms. The highest BCUT2D eigenvalue weighted by atomic mass is 32.2. The molecule has 4 nitrogen and oxygen atoms in total. The van der Waals surface area contributed by atoms with Crippen molar-refractivity contribution >= 4 is 10.0 Å². The van der Waals surface area contributed by atoms with Crippen LogP contribution in [-0.2, 0) is 16.6 Å². The van der Waals surface area contributed by atoms with E-state index in [4.69, 9.17) is 0 Å². The van der Waals surface area contributed by atoms with E-state index in [9.17, 15) is 8.42 Å². The number of hydrogen-bond donors (Lipinski definition) is 2. The third-order valence-corrected chi connectivity index (χ3v) is 4.75. The third kappa shape index (κ3) is 7.07. The van der Waals surface area contributed by atoms with Gasteiger partial charge in [-0.15, -0.1) is 0 Å². The zero-order valence-corrected chi connectivity index (χ0v) is 14.0. The Morgan fingerprint density at radius 3 is 2.52 bits per heavy atom. The first-order chi connectivity index (χ1) is 10.1. The van der Waals surface area contributed by atoms with Crippen molar-refractivity contribution in [3.8, 4) is 0 Å². The summed E-state index contributed by atoms with van der Waals surface area (Å²) >= 11 is 0. The number of nitrogens with one attached hydrogen (secondary N) is 2. The highest BCUT2D eigenvalue weighted by Gasteiger charge is 2.13. The van der Waals surface area contributed by atoms with Gasteiger partial charge in [0.15, 0.2) is 0 Å². The molecule has 0 saturated heterocycles. The molecule has 0 unspecified atom stereocenters. The second-order valence-electron chi connectivity index (χ2n) is 5.28. The fourth-order valence-corrected chi connectivity index (χ4v) is 3.22. The molecule has 0 fully saturated rings. The van der Waals surface area contributed by atoms with Crippen LogP contribution < -0.4 is 10.0 Å². The van der Waals surface area contributed by atoms with Gasteiger partial charge in [0.25, 0.3) is 0 Å². The van der Waals surface area contributed by atoms with Gasteiger partial charge in [-0.25, -0.2) is 13.1 Å². The predicted molar refractivity (Wildman–Crippen MR) is 87.8 cm³/mol. The Labute approximate surface area is 129 Å². The lowest BCUT2D eigenvalue weighted by atomic mass is 10.2. The van der Waals surface area contributed by atoms with E-state index < -0.39 is 10.0 Å². The molecular weight excluding hydrogens is 284 g/mol. The summed E-state index contributed by atoms with van der Waals surface area (Å²) in [5, 5.41) is 3.28. The Morgan fingerprint density at radius 1 is 1.00 bits per heavy atom. The molecule has 5 heteroatoms. The molecule has 0 aliphatic rings. The summed E-state index contributed by atoms with van der Waals surface area (Å²) in [6, 6.07) is 7.15. The highest BCUT2D eigenvalue weighted by molar-refractivity contribution is 7.89. The fraction of sp³-hybridized carbons (Fsp3) is 0.625. The first kappa shape index (κ1) is 18.1. The van der Waals surface area contributed by atoms with E-state index >= 15 is 0 Å². The molecule has 0 aromatic heterocycles. The van der Waals surface area contributed by atoms with Gasteiger partial charge in [-0.3, -0.25) is 0 Å². The molecule has 0 amide bonds. The molecule has 0 atom stereocenters. The molecule has 0 radical (unpaired) electrons. The number of rotatable bonds is 11. The van der Waals surface area contributed by atoms with Crippen molar-refractivity contribution in [2.75, 3.05) is 13.1 Å². The molecule has 120 valence electrons. The van der Waals surface area contributed by atoms with E-state index in [0.29, 0.717) is 18.0 Å². The Hall–Kier alpha value is -0.910. The molecule has 1 aromatic rings. The minimum atomic E-state index is -3.38. The van der Waals surface area contributed by atoms with Crippen LogP contribution in [-0.4, -0.2) is 21.5 Å². The summed E-state index contributed by atoms with van der Waals surface area (Å²) in [5.74, 6) is 0. The van der Waals surface area contributed by atoms with E-state index in [-0.39, 0.29) is 0 Å². The lowest BCUT2D eigenvalue weighted by Crippen LogP contribution is -2.25. The Bertz CT molecular complexity index is 501. The van der Waals surface area contributed by atoms with Crippen molar-refractivity contribution in [2.24, 2.45) is 0 Å². The maximum atomic E-state index is 12.2. The summed E-state index contributed by atoms with van der Waals surface area (Å²) in [7, 11) is -3.38. The lowest BCUT2D eigenvalue weighted by molar-refractivity contribution is 0.573. The second-order valence-corrected chi connectivity index (χ2v) is 7.05. The lowest BCUT2D eigenvalue weighted by Gasteiger charge is -2.09. The van der Waals surface area contributed by atoms with Crippen LogP contribution in [0.4, 0.5) is 0 Å². The van der Waals surface area contributed by atoms with Crippen LogP contribution in [0.2, 0.25) is 0 Å². The topological polar surface area (TPSA) is 58.2 Å². The summed E-state index contributed by atoms with van der Waals surface area (Å²) in [4.78, 5) is 0.355. The molecule has 1 rings (SSSR count). The number of unbranched alkanes of at least 4 members (excludes halogenated alkanes) is 3. The third-order valence-electron chi connectivity index (χ3n) is 3.29. The summed E-state index contributed by atoms with van der Waals surface area (Å²) in [6.45, 7) is 6.40. The van der Waals surface area contributed by atoms with Gasteiger partial charge in [-0.05, 0) is 37.1 Å². The molecule has 0 heterocycles. The van der Waals surface area contributed by atoms with E-state index in [1.165, 1.54) is 0 Å². The van der Waals surface area contributed by atoms with Crippen LogP contribution in [0.3, 0.4) is 0 Å². The van der Waals surface area contributed by atoms with Crippen molar-refractivity contribution in [1.82, 2.24) is 10.0 Å². The van der Waals surface area contributed by atoms with Crippen LogP contribution in [0, 0.1) is 0 Å². The quantitative estimate of drug-likeness (QED) is 0.617. The summed E-state index contributed by atoms with van der Waals surface area (Å²) in [6.07, 6.45) is 5.34. The predicted octanol–water partition coefficient (Wildman–Crippen LogP) is 3.04. The van der Waals surface area contributed by atoms with Crippen molar-refractivity contribution < 1.29 is 8.42 Å². The van der Waals surface area contributed by atoms with Gasteiger partial charge >= 0.3 is 0 Å². The van der Waals surface area contributed by atoms with Gasteiger partial charge in [0, 0.05) is 13.1 Å². The zero-order chi connectivity index (χ0) is 15.6. The number of sulfonamides is 1.